The first kappa shape index (κ1) is 27.1. The van der Waals surface area contributed by atoms with Crippen molar-refractivity contribution in [3.8, 4) is 23.0 Å². The highest BCUT2D eigenvalue weighted by Gasteiger charge is 2.47. The number of ether oxygens (including phenoxy) is 4. The fourth-order valence-corrected chi connectivity index (χ4v) is 5.74. The lowest BCUT2D eigenvalue weighted by atomic mass is 9.83. The molecule has 0 spiro atoms. The Kier molecular flexibility index (Phi) is 8.42. The van der Waals surface area contributed by atoms with Crippen LogP contribution in [0.15, 0.2) is 36.4 Å². The summed E-state index contributed by atoms with van der Waals surface area (Å²) >= 11 is 0. The number of amides is 1. The summed E-state index contributed by atoms with van der Waals surface area (Å²) in [5, 5.41) is 11.9. The highest BCUT2D eigenvalue weighted by molar-refractivity contribution is 5.78. The smallest absolute Gasteiger partial charge is 0.308 e. The van der Waals surface area contributed by atoms with Gasteiger partial charge in [0.25, 0.3) is 5.91 Å². The number of carbonyl (C=O) groups excluding carboxylic acids is 1. The molecule has 10 heteroatoms. The average molecular weight is 541 g/mol. The SMILES string of the molecule is CCCON(CCC)C(=O)CN1CC(c2ccc3c(c2)OCO3)C(C(=O)O)C1CCc1cccc2c1OCO2. The third-order valence-electron chi connectivity index (χ3n) is 7.54. The maximum absolute atomic E-state index is 13.4. The highest BCUT2D eigenvalue weighted by Crippen LogP contribution is 2.44. The number of hydrogen-bond acceptors (Lipinski definition) is 8. The minimum atomic E-state index is -0.886. The lowest BCUT2D eigenvalue weighted by molar-refractivity contribution is -0.188. The fourth-order valence-electron chi connectivity index (χ4n) is 5.74. The molecule has 0 saturated carbocycles. The summed E-state index contributed by atoms with van der Waals surface area (Å²) in [6.07, 6.45) is 2.68. The molecule has 210 valence electrons. The summed E-state index contributed by atoms with van der Waals surface area (Å²) in [5.41, 5.74) is 1.82. The van der Waals surface area contributed by atoms with Gasteiger partial charge in [0.2, 0.25) is 13.6 Å². The first-order valence-electron chi connectivity index (χ1n) is 13.7. The van der Waals surface area contributed by atoms with Crippen LogP contribution in [0.25, 0.3) is 0 Å². The molecule has 0 radical (unpaired) electrons. The lowest BCUT2D eigenvalue weighted by Gasteiger charge is -2.29. The Bertz CT molecular complexity index is 1190. The Morgan fingerprint density at radius 3 is 2.62 bits per heavy atom. The predicted molar refractivity (Wildman–Crippen MR) is 141 cm³/mol. The van der Waals surface area contributed by atoms with Gasteiger partial charge in [-0.1, -0.05) is 32.0 Å². The highest BCUT2D eigenvalue weighted by atomic mass is 16.7. The third-order valence-corrected chi connectivity index (χ3v) is 7.54. The maximum atomic E-state index is 13.4. The number of aryl methyl sites for hydroxylation is 1. The molecule has 1 amide bonds. The molecule has 3 atom stereocenters. The molecular formula is C29H36N2O8. The van der Waals surface area contributed by atoms with E-state index in [9.17, 15) is 14.7 Å². The number of fused-ring (bicyclic) bond motifs is 2. The topological polar surface area (TPSA) is 107 Å². The van der Waals surface area contributed by atoms with Crippen molar-refractivity contribution in [2.75, 3.05) is 39.8 Å². The van der Waals surface area contributed by atoms with Gasteiger partial charge in [-0.15, -0.1) is 0 Å². The quantitative estimate of drug-likeness (QED) is 0.402. The van der Waals surface area contributed by atoms with E-state index in [2.05, 4.69) is 0 Å². The van der Waals surface area contributed by atoms with E-state index in [1.165, 1.54) is 5.06 Å². The van der Waals surface area contributed by atoms with Crippen LogP contribution in [0.5, 0.6) is 23.0 Å². The molecule has 39 heavy (non-hydrogen) atoms. The van der Waals surface area contributed by atoms with E-state index >= 15 is 0 Å². The fraction of sp³-hybridized carbons (Fsp3) is 0.517. The van der Waals surface area contributed by atoms with Gasteiger partial charge in [-0.05, 0) is 55.0 Å². The Hall–Kier alpha value is -3.50. The summed E-state index contributed by atoms with van der Waals surface area (Å²) in [4.78, 5) is 33.9. The molecule has 0 bridgehead atoms. The van der Waals surface area contributed by atoms with Gasteiger partial charge in [-0.2, -0.15) is 0 Å². The molecule has 10 nitrogen and oxygen atoms in total. The van der Waals surface area contributed by atoms with Crippen LogP contribution in [0.3, 0.4) is 0 Å². The van der Waals surface area contributed by atoms with Crippen LogP contribution >= 0.6 is 0 Å². The molecule has 5 rings (SSSR count). The number of carbonyl (C=O) groups is 2. The molecule has 2 aromatic carbocycles. The summed E-state index contributed by atoms with van der Waals surface area (Å²) in [6.45, 7) is 5.74. The monoisotopic (exact) mass is 540 g/mol. The molecule has 3 unspecified atom stereocenters. The number of benzene rings is 2. The second-order valence-electron chi connectivity index (χ2n) is 10.1. The van der Waals surface area contributed by atoms with E-state index in [4.69, 9.17) is 23.8 Å². The maximum Gasteiger partial charge on any atom is 0.308 e. The zero-order valence-electron chi connectivity index (χ0n) is 22.5. The molecule has 1 fully saturated rings. The third kappa shape index (κ3) is 5.77. The molecule has 1 N–H and O–H groups in total. The molecule has 3 aliphatic rings. The first-order chi connectivity index (χ1) is 19.0. The average Bonchev–Trinajstić information content (AvgIpc) is 3.68. The van der Waals surface area contributed by atoms with Crippen molar-refractivity contribution < 1.29 is 38.5 Å². The van der Waals surface area contributed by atoms with E-state index in [0.29, 0.717) is 55.5 Å². The van der Waals surface area contributed by atoms with Crippen molar-refractivity contribution >= 4 is 11.9 Å². The Labute approximate surface area is 228 Å². The van der Waals surface area contributed by atoms with Crippen molar-refractivity contribution in [1.82, 2.24) is 9.96 Å². The van der Waals surface area contributed by atoms with Crippen molar-refractivity contribution in [2.45, 2.75) is 51.5 Å². The lowest BCUT2D eigenvalue weighted by Crippen LogP contribution is -2.44. The van der Waals surface area contributed by atoms with Gasteiger partial charge in [0.15, 0.2) is 23.0 Å². The van der Waals surface area contributed by atoms with E-state index < -0.39 is 11.9 Å². The van der Waals surface area contributed by atoms with Gasteiger partial charge in [0, 0.05) is 25.0 Å². The summed E-state index contributed by atoms with van der Waals surface area (Å²) in [6, 6.07) is 11.0. The number of para-hydroxylation sites is 1. The van der Waals surface area contributed by atoms with E-state index in [0.717, 1.165) is 24.0 Å². The Morgan fingerprint density at radius 2 is 1.82 bits per heavy atom. The van der Waals surface area contributed by atoms with E-state index in [-0.39, 0.29) is 38.0 Å². The minimum Gasteiger partial charge on any atom is -0.481 e. The van der Waals surface area contributed by atoms with E-state index in [1.54, 1.807) is 0 Å². The van der Waals surface area contributed by atoms with Gasteiger partial charge in [0.05, 0.1) is 19.1 Å². The largest absolute Gasteiger partial charge is 0.481 e. The van der Waals surface area contributed by atoms with Crippen LogP contribution in [-0.2, 0) is 20.8 Å². The zero-order valence-corrected chi connectivity index (χ0v) is 22.5. The molecule has 0 aliphatic carbocycles. The molecule has 2 aromatic rings. The Balaban J connectivity index is 1.42. The second-order valence-corrected chi connectivity index (χ2v) is 10.1. The molecule has 3 heterocycles. The summed E-state index contributed by atoms with van der Waals surface area (Å²) < 4.78 is 22.2. The van der Waals surface area contributed by atoms with Gasteiger partial charge in [-0.25, -0.2) is 5.06 Å². The van der Waals surface area contributed by atoms with Crippen LogP contribution in [0.1, 0.15) is 50.2 Å². The van der Waals surface area contributed by atoms with E-state index in [1.807, 2.05) is 55.1 Å². The number of hydroxylamine groups is 2. The van der Waals surface area contributed by atoms with Crippen molar-refractivity contribution in [3.05, 3.63) is 47.5 Å². The first-order valence-corrected chi connectivity index (χ1v) is 13.7. The van der Waals surface area contributed by atoms with Gasteiger partial charge in [-0.3, -0.25) is 19.3 Å². The molecule has 0 aromatic heterocycles. The standard InChI is InChI=1S/C29H36N2O8/c1-3-12-31(39-13-4-2)26(32)16-30-15-21(20-9-11-23-25(14-20)37-17-35-23)27(29(33)34)22(30)10-8-19-6-5-7-24-28(19)38-18-36-24/h5-7,9,11,14,21-22,27H,3-4,8,10,12-13,15-18H2,1-2H3,(H,33,34). The molecular weight excluding hydrogens is 504 g/mol. The number of carboxylic acid groups (broad SMARTS) is 1. The van der Waals surface area contributed by atoms with Crippen LogP contribution in [0.4, 0.5) is 0 Å². The van der Waals surface area contributed by atoms with Crippen LogP contribution in [0.2, 0.25) is 0 Å². The summed E-state index contributed by atoms with van der Waals surface area (Å²) in [5.74, 6) is 0.570. The van der Waals surface area contributed by atoms with Gasteiger partial charge >= 0.3 is 5.97 Å². The number of aliphatic carboxylic acids is 1. The summed E-state index contributed by atoms with van der Waals surface area (Å²) in [7, 11) is 0. The van der Waals surface area contributed by atoms with Crippen LogP contribution < -0.4 is 18.9 Å². The van der Waals surface area contributed by atoms with Crippen LogP contribution in [-0.4, -0.2) is 72.8 Å². The van der Waals surface area contributed by atoms with Gasteiger partial charge in [0.1, 0.15) is 0 Å². The number of nitrogens with zero attached hydrogens (tertiary/aromatic N) is 2. The van der Waals surface area contributed by atoms with Crippen molar-refractivity contribution in [1.29, 1.82) is 0 Å². The predicted octanol–water partition coefficient (Wildman–Crippen LogP) is 3.83. The van der Waals surface area contributed by atoms with Crippen molar-refractivity contribution in [2.24, 2.45) is 5.92 Å². The second kappa shape index (κ2) is 12.1. The number of hydrogen-bond donors (Lipinski definition) is 1. The Morgan fingerprint density at radius 1 is 1.03 bits per heavy atom. The van der Waals surface area contributed by atoms with Crippen molar-refractivity contribution in [3.63, 3.8) is 0 Å². The molecule has 3 aliphatic heterocycles. The zero-order chi connectivity index (χ0) is 27.4. The minimum absolute atomic E-state index is 0.0751. The van der Waals surface area contributed by atoms with Gasteiger partial charge < -0.3 is 24.1 Å². The number of likely N-dealkylation sites (tertiary alicyclic amines) is 1. The number of rotatable bonds is 12. The molecule has 1 saturated heterocycles. The number of carboxylic acids is 1. The van der Waals surface area contributed by atoms with Crippen LogP contribution in [0, 0.1) is 5.92 Å². The normalized spacial score (nSPS) is 21.3.